The van der Waals surface area contributed by atoms with Crippen LogP contribution in [0.4, 0.5) is 0 Å². The molecule has 3 unspecified atom stereocenters. The molecule has 41 heavy (non-hydrogen) atoms. The van der Waals surface area contributed by atoms with Crippen LogP contribution in [0.25, 0.3) is 11.1 Å². The van der Waals surface area contributed by atoms with E-state index in [1.807, 2.05) is 68.7 Å². The van der Waals surface area contributed by atoms with Crippen molar-refractivity contribution in [2.75, 3.05) is 27.2 Å². The first-order valence-electron chi connectivity index (χ1n) is 13.6. The fraction of sp³-hybridized carbons (Fsp3) is 0.344. The predicted molar refractivity (Wildman–Crippen MR) is 155 cm³/mol. The number of rotatable bonds is 11. The van der Waals surface area contributed by atoms with Gasteiger partial charge in [-0.25, -0.2) is 4.79 Å². The molecule has 1 fully saturated rings. The molecule has 0 bridgehead atoms. The van der Waals surface area contributed by atoms with E-state index in [0.29, 0.717) is 12.4 Å². The number of carboxylic acids is 1. The lowest BCUT2D eigenvalue weighted by molar-refractivity contribution is -0.271. The van der Waals surface area contributed by atoms with Crippen molar-refractivity contribution in [2.45, 2.75) is 44.1 Å². The average molecular weight is 564 g/mol. The fourth-order valence-corrected chi connectivity index (χ4v) is 4.73. The van der Waals surface area contributed by atoms with E-state index < -0.39 is 36.7 Å². The number of hydrogen-bond donors (Lipinski definition) is 4. The molecule has 1 aliphatic heterocycles. The zero-order valence-electron chi connectivity index (χ0n) is 23.4. The number of carboxylic acid groups (broad SMARTS) is 1. The molecule has 0 aliphatic carbocycles. The molecule has 3 aromatic rings. The predicted octanol–water partition coefficient (Wildman–Crippen LogP) is 3.27. The first-order valence-corrected chi connectivity index (χ1v) is 13.6. The van der Waals surface area contributed by atoms with Gasteiger partial charge < -0.3 is 39.5 Å². The smallest absolute Gasteiger partial charge is 0.335 e. The molecule has 0 spiro atoms. The van der Waals surface area contributed by atoms with E-state index in [1.165, 1.54) is 0 Å². The lowest BCUT2D eigenvalue weighted by Crippen LogP contribution is -2.61. The van der Waals surface area contributed by atoms with Crippen molar-refractivity contribution in [3.05, 3.63) is 95.6 Å². The molecular weight excluding hydrogens is 526 g/mol. The fourth-order valence-electron chi connectivity index (χ4n) is 4.73. The summed E-state index contributed by atoms with van der Waals surface area (Å²) in [6.45, 7) is 3.51. The second kappa shape index (κ2) is 13.8. The molecule has 5 atom stereocenters. The molecule has 0 saturated carbocycles. The van der Waals surface area contributed by atoms with Gasteiger partial charge in [0.05, 0.1) is 0 Å². The molecule has 1 saturated heterocycles. The van der Waals surface area contributed by atoms with Crippen LogP contribution >= 0.6 is 0 Å². The Balaban J connectivity index is 1.64. The maximum Gasteiger partial charge on any atom is 0.335 e. The molecule has 0 radical (unpaired) electrons. The van der Waals surface area contributed by atoms with Crippen LogP contribution < -0.4 is 9.47 Å². The van der Waals surface area contributed by atoms with Crippen molar-refractivity contribution in [1.29, 1.82) is 0 Å². The van der Waals surface area contributed by atoms with Gasteiger partial charge in [-0.1, -0.05) is 61.5 Å². The Labute approximate surface area is 239 Å². The molecule has 9 heteroatoms. The highest BCUT2D eigenvalue weighted by Crippen LogP contribution is 2.36. The second-order valence-electron chi connectivity index (χ2n) is 10.1. The molecule has 4 rings (SSSR count). The van der Waals surface area contributed by atoms with Crippen molar-refractivity contribution in [3.63, 3.8) is 0 Å². The first-order chi connectivity index (χ1) is 19.7. The zero-order chi connectivity index (χ0) is 29.5. The maximum absolute atomic E-state index is 11.4. The number of ether oxygens (including phenoxy) is 3. The highest BCUT2D eigenvalue weighted by atomic mass is 16.7. The Morgan fingerprint density at radius 3 is 1.93 bits per heavy atom. The summed E-state index contributed by atoms with van der Waals surface area (Å²) in [6.07, 6.45) is -7.61. The largest absolute Gasteiger partial charge is 0.492 e. The number of hydrogen-bond acceptors (Lipinski definition) is 8. The third-order valence-electron chi connectivity index (χ3n) is 6.94. The van der Waals surface area contributed by atoms with Gasteiger partial charge in [-0.3, -0.25) is 0 Å². The normalized spacial score (nSPS) is 23.1. The summed E-state index contributed by atoms with van der Waals surface area (Å²) in [5, 5.41) is 39.7. The summed E-state index contributed by atoms with van der Waals surface area (Å²) in [5.41, 5.74) is 5.20. The second-order valence-corrected chi connectivity index (χ2v) is 10.1. The Morgan fingerprint density at radius 2 is 1.39 bits per heavy atom. The summed E-state index contributed by atoms with van der Waals surface area (Å²) in [6, 6.07) is 25.3. The minimum Gasteiger partial charge on any atom is -0.492 e. The van der Waals surface area contributed by atoms with Crippen LogP contribution in [0.3, 0.4) is 0 Å². The maximum atomic E-state index is 11.4. The van der Waals surface area contributed by atoms with Gasteiger partial charge in [-0.05, 0) is 72.6 Å². The van der Waals surface area contributed by atoms with Gasteiger partial charge in [0, 0.05) is 6.54 Å². The number of carbonyl (C=O) groups is 1. The molecular formula is C32H37NO8. The minimum absolute atomic E-state index is 0.298. The van der Waals surface area contributed by atoms with E-state index in [-0.39, 0.29) is 0 Å². The van der Waals surface area contributed by atoms with Crippen molar-refractivity contribution in [1.82, 2.24) is 4.90 Å². The van der Waals surface area contributed by atoms with Gasteiger partial charge in [-0.2, -0.15) is 0 Å². The van der Waals surface area contributed by atoms with Crippen molar-refractivity contribution >= 4 is 17.1 Å². The average Bonchev–Trinajstić information content (AvgIpc) is 2.97. The number of allylic oxidation sites excluding steroid dienone is 1. The van der Waals surface area contributed by atoms with Crippen LogP contribution in [0.15, 0.2) is 78.9 Å². The van der Waals surface area contributed by atoms with Gasteiger partial charge in [0.1, 0.15) is 36.4 Å². The molecule has 3 aromatic carbocycles. The molecule has 1 aliphatic rings. The van der Waals surface area contributed by atoms with Crippen LogP contribution in [0, 0.1) is 0 Å². The molecule has 0 aromatic heterocycles. The lowest BCUT2D eigenvalue weighted by Gasteiger charge is -2.38. The van der Waals surface area contributed by atoms with Gasteiger partial charge in [0.25, 0.3) is 0 Å². The third kappa shape index (κ3) is 7.32. The Bertz CT molecular complexity index is 1310. The van der Waals surface area contributed by atoms with E-state index >= 15 is 0 Å². The van der Waals surface area contributed by atoms with Crippen LogP contribution in [0.5, 0.6) is 11.5 Å². The summed E-state index contributed by atoms with van der Waals surface area (Å²) in [5.74, 6) is -0.383. The van der Waals surface area contributed by atoms with E-state index in [9.17, 15) is 25.2 Å². The summed E-state index contributed by atoms with van der Waals surface area (Å²) in [7, 11) is 4.00. The van der Waals surface area contributed by atoms with E-state index in [2.05, 4.69) is 24.0 Å². The summed E-state index contributed by atoms with van der Waals surface area (Å²) >= 11 is 0. The Hall–Kier alpha value is -3.73. The van der Waals surface area contributed by atoms with Crippen molar-refractivity contribution < 1.29 is 39.4 Å². The molecule has 0 amide bonds. The van der Waals surface area contributed by atoms with Crippen LogP contribution in [0.1, 0.15) is 30.0 Å². The minimum atomic E-state index is -1.78. The lowest BCUT2D eigenvalue weighted by atomic mass is 9.88. The highest BCUT2D eigenvalue weighted by molar-refractivity contribution is 5.98. The zero-order valence-corrected chi connectivity index (χ0v) is 23.4. The molecule has 4 N–H and O–H groups in total. The number of nitrogens with zero attached hydrogens (tertiary/aromatic N) is 1. The van der Waals surface area contributed by atoms with Gasteiger partial charge >= 0.3 is 5.97 Å². The molecule has 1 heterocycles. The van der Waals surface area contributed by atoms with Crippen LogP contribution in [-0.4, -0.2) is 89.2 Å². The Kier molecular flexibility index (Phi) is 10.1. The summed E-state index contributed by atoms with van der Waals surface area (Å²) < 4.78 is 16.8. The topological polar surface area (TPSA) is 129 Å². The number of likely N-dealkylation sites (N-methyl/N-ethyl adjacent to an activating group) is 1. The monoisotopic (exact) mass is 563 g/mol. The van der Waals surface area contributed by atoms with Crippen molar-refractivity contribution in [2.24, 2.45) is 0 Å². The quantitative estimate of drug-likeness (QED) is 0.260. The highest BCUT2D eigenvalue weighted by Gasteiger charge is 2.48. The summed E-state index contributed by atoms with van der Waals surface area (Å²) in [4.78, 5) is 13.5. The van der Waals surface area contributed by atoms with Gasteiger partial charge in [0.2, 0.25) is 6.29 Å². The van der Waals surface area contributed by atoms with E-state index in [4.69, 9.17) is 14.2 Å². The molecule has 218 valence electrons. The number of aliphatic hydroxyl groups is 3. The van der Waals surface area contributed by atoms with E-state index in [0.717, 1.165) is 46.6 Å². The van der Waals surface area contributed by atoms with Crippen LogP contribution in [-0.2, 0) is 9.53 Å². The standard InChI is InChI=1S/C32H37NO8/c1-4-25(20-8-6-5-7-9-20)26(21-10-14-23(15-11-21)39-19-18-33(2)3)22-12-16-24(17-13-22)40-32-29(36)27(34)28(35)30(41-32)31(37)38/h5-17,27-30,32,34-36H,4,18-19H2,1-3H3,(H,37,38)/b26-25+/t27?,28-,29?,30?,32+/m0/s1. The Morgan fingerprint density at radius 1 is 0.805 bits per heavy atom. The number of aliphatic carboxylic acids is 1. The number of benzene rings is 3. The third-order valence-corrected chi connectivity index (χ3v) is 6.94. The number of aliphatic hydroxyl groups excluding tert-OH is 3. The molecule has 9 nitrogen and oxygen atoms in total. The van der Waals surface area contributed by atoms with Crippen molar-refractivity contribution in [3.8, 4) is 11.5 Å². The van der Waals surface area contributed by atoms with Gasteiger partial charge in [-0.15, -0.1) is 0 Å². The van der Waals surface area contributed by atoms with E-state index in [1.54, 1.807) is 12.1 Å². The first kappa shape index (κ1) is 30.2. The van der Waals surface area contributed by atoms with Crippen LogP contribution in [0.2, 0.25) is 0 Å². The SMILES string of the molecule is CC/C(=C(/c1ccc(OCCN(C)C)cc1)c1ccc(O[C@@H]2OC(C(=O)O)[C@@H](O)C(O)C2O)cc1)c1ccccc1. The van der Waals surface area contributed by atoms with Gasteiger partial charge in [0.15, 0.2) is 6.10 Å².